The SMILES string of the molecule is Cc1sc(NC(=O)c2ccc(OCc3ccccc3)cc2)c(C(N)=O)c1C. The van der Waals surface area contributed by atoms with Crippen LogP contribution in [0.5, 0.6) is 5.75 Å². The summed E-state index contributed by atoms with van der Waals surface area (Å²) in [6.45, 7) is 4.17. The number of carbonyl (C=O) groups is 2. The maximum Gasteiger partial charge on any atom is 0.256 e. The van der Waals surface area contributed by atoms with Crippen LogP contribution in [0.15, 0.2) is 54.6 Å². The van der Waals surface area contributed by atoms with Crippen LogP contribution in [-0.4, -0.2) is 11.8 Å². The first-order valence-corrected chi connectivity index (χ1v) is 9.25. The second kappa shape index (κ2) is 8.05. The molecule has 0 aliphatic heterocycles. The number of hydrogen-bond acceptors (Lipinski definition) is 4. The Morgan fingerprint density at radius 1 is 1.04 bits per heavy atom. The highest BCUT2D eigenvalue weighted by Gasteiger charge is 2.19. The molecule has 1 heterocycles. The minimum atomic E-state index is -0.545. The van der Waals surface area contributed by atoms with Gasteiger partial charge in [0, 0.05) is 10.4 Å². The third-order valence-electron chi connectivity index (χ3n) is 4.22. The third kappa shape index (κ3) is 4.35. The van der Waals surface area contributed by atoms with Crippen molar-refractivity contribution in [3.63, 3.8) is 0 Å². The number of aryl methyl sites for hydroxylation is 1. The number of hydrogen-bond donors (Lipinski definition) is 2. The smallest absolute Gasteiger partial charge is 0.256 e. The molecule has 3 aromatic rings. The highest BCUT2D eigenvalue weighted by atomic mass is 32.1. The molecule has 6 heteroatoms. The van der Waals surface area contributed by atoms with Gasteiger partial charge in [0.05, 0.1) is 5.56 Å². The van der Waals surface area contributed by atoms with E-state index in [0.717, 1.165) is 16.0 Å². The van der Waals surface area contributed by atoms with Gasteiger partial charge in [-0.2, -0.15) is 0 Å². The number of anilines is 1. The van der Waals surface area contributed by atoms with Crippen LogP contribution in [0.2, 0.25) is 0 Å². The molecule has 2 amide bonds. The fourth-order valence-electron chi connectivity index (χ4n) is 2.63. The Hall–Kier alpha value is -3.12. The van der Waals surface area contributed by atoms with Crippen molar-refractivity contribution in [3.05, 3.63) is 81.7 Å². The highest BCUT2D eigenvalue weighted by molar-refractivity contribution is 7.16. The Balaban J connectivity index is 1.68. The zero-order chi connectivity index (χ0) is 19.4. The number of carbonyl (C=O) groups excluding carboxylic acids is 2. The van der Waals surface area contributed by atoms with Crippen molar-refractivity contribution < 1.29 is 14.3 Å². The zero-order valence-electron chi connectivity index (χ0n) is 15.1. The second-order valence-corrected chi connectivity index (χ2v) is 7.33. The topological polar surface area (TPSA) is 81.4 Å². The predicted molar refractivity (Wildman–Crippen MR) is 107 cm³/mol. The van der Waals surface area contributed by atoms with Crippen molar-refractivity contribution in [2.75, 3.05) is 5.32 Å². The Labute approximate surface area is 161 Å². The van der Waals surface area contributed by atoms with Gasteiger partial charge in [0.1, 0.15) is 17.4 Å². The summed E-state index contributed by atoms with van der Waals surface area (Å²) in [6.07, 6.45) is 0. The van der Waals surface area contributed by atoms with E-state index < -0.39 is 5.91 Å². The Morgan fingerprint density at radius 2 is 1.70 bits per heavy atom. The first kappa shape index (κ1) is 18.7. The van der Waals surface area contributed by atoms with Crippen LogP contribution in [0.25, 0.3) is 0 Å². The number of rotatable bonds is 6. The lowest BCUT2D eigenvalue weighted by atomic mass is 10.1. The van der Waals surface area contributed by atoms with Crippen molar-refractivity contribution in [1.82, 2.24) is 0 Å². The van der Waals surface area contributed by atoms with Gasteiger partial charge in [-0.3, -0.25) is 9.59 Å². The molecule has 0 bridgehead atoms. The molecule has 0 radical (unpaired) electrons. The summed E-state index contributed by atoms with van der Waals surface area (Å²) in [5.41, 5.74) is 8.16. The largest absolute Gasteiger partial charge is 0.489 e. The first-order valence-electron chi connectivity index (χ1n) is 8.43. The van der Waals surface area contributed by atoms with E-state index >= 15 is 0 Å². The first-order chi connectivity index (χ1) is 13.0. The molecule has 1 aromatic heterocycles. The van der Waals surface area contributed by atoms with Crippen LogP contribution in [0, 0.1) is 13.8 Å². The Bertz CT molecular complexity index is 963. The average molecular weight is 380 g/mol. The summed E-state index contributed by atoms with van der Waals surface area (Å²) in [6, 6.07) is 16.7. The van der Waals surface area contributed by atoms with E-state index in [-0.39, 0.29) is 5.91 Å². The fraction of sp³-hybridized carbons (Fsp3) is 0.143. The predicted octanol–water partition coefficient (Wildman–Crippen LogP) is 4.30. The molecule has 0 saturated heterocycles. The van der Waals surface area contributed by atoms with Gasteiger partial charge in [0.25, 0.3) is 11.8 Å². The maximum absolute atomic E-state index is 12.5. The van der Waals surface area contributed by atoms with Crippen molar-refractivity contribution >= 4 is 28.2 Å². The van der Waals surface area contributed by atoms with Gasteiger partial charge in [-0.1, -0.05) is 30.3 Å². The number of thiophene rings is 1. The maximum atomic E-state index is 12.5. The zero-order valence-corrected chi connectivity index (χ0v) is 15.9. The van der Waals surface area contributed by atoms with Gasteiger partial charge in [0.2, 0.25) is 0 Å². The van der Waals surface area contributed by atoms with E-state index in [1.54, 1.807) is 24.3 Å². The van der Waals surface area contributed by atoms with Gasteiger partial charge in [-0.25, -0.2) is 0 Å². The van der Waals surface area contributed by atoms with Crippen LogP contribution < -0.4 is 15.8 Å². The molecule has 0 aliphatic rings. The van der Waals surface area contributed by atoms with Gasteiger partial charge in [-0.05, 0) is 49.2 Å². The molecule has 0 atom stereocenters. The van der Waals surface area contributed by atoms with E-state index in [4.69, 9.17) is 10.5 Å². The minimum absolute atomic E-state index is 0.298. The number of nitrogens with one attached hydrogen (secondary N) is 1. The summed E-state index contributed by atoms with van der Waals surface area (Å²) in [7, 11) is 0. The molecule has 0 spiro atoms. The molecule has 27 heavy (non-hydrogen) atoms. The molecule has 138 valence electrons. The standard InChI is InChI=1S/C21H20N2O3S/c1-13-14(2)27-21(18(13)19(22)24)23-20(25)16-8-10-17(11-9-16)26-12-15-6-4-3-5-7-15/h3-11H,12H2,1-2H3,(H2,22,24)(H,23,25). The highest BCUT2D eigenvalue weighted by Crippen LogP contribution is 2.32. The number of amides is 2. The molecule has 0 unspecified atom stereocenters. The monoisotopic (exact) mass is 380 g/mol. The Morgan fingerprint density at radius 3 is 2.33 bits per heavy atom. The summed E-state index contributed by atoms with van der Waals surface area (Å²) in [5, 5.41) is 3.26. The molecule has 5 nitrogen and oxygen atoms in total. The van der Waals surface area contributed by atoms with Crippen LogP contribution in [0.1, 0.15) is 36.7 Å². The fourth-order valence-corrected chi connectivity index (χ4v) is 3.69. The normalized spacial score (nSPS) is 10.4. The van der Waals surface area contributed by atoms with Gasteiger partial charge < -0.3 is 15.8 Å². The molecule has 0 fully saturated rings. The molecule has 0 saturated carbocycles. The summed E-state index contributed by atoms with van der Waals surface area (Å²) in [4.78, 5) is 25.1. The van der Waals surface area contributed by atoms with Crippen molar-refractivity contribution in [1.29, 1.82) is 0 Å². The van der Waals surface area contributed by atoms with E-state index in [1.165, 1.54) is 11.3 Å². The third-order valence-corrected chi connectivity index (χ3v) is 5.35. The van der Waals surface area contributed by atoms with E-state index in [1.807, 2.05) is 44.2 Å². The van der Waals surface area contributed by atoms with Gasteiger partial charge in [0.15, 0.2) is 0 Å². The van der Waals surface area contributed by atoms with E-state index in [0.29, 0.717) is 28.5 Å². The van der Waals surface area contributed by atoms with E-state index in [9.17, 15) is 9.59 Å². The van der Waals surface area contributed by atoms with Crippen LogP contribution in [0.3, 0.4) is 0 Å². The van der Waals surface area contributed by atoms with Crippen molar-refractivity contribution in [3.8, 4) is 5.75 Å². The lowest BCUT2D eigenvalue weighted by Gasteiger charge is -2.08. The van der Waals surface area contributed by atoms with Gasteiger partial charge in [-0.15, -0.1) is 11.3 Å². The van der Waals surface area contributed by atoms with Crippen LogP contribution in [-0.2, 0) is 6.61 Å². The van der Waals surface area contributed by atoms with Crippen LogP contribution >= 0.6 is 11.3 Å². The quantitative estimate of drug-likeness (QED) is 0.669. The summed E-state index contributed by atoms with van der Waals surface area (Å²) in [5.74, 6) is -0.166. The van der Waals surface area contributed by atoms with Crippen molar-refractivity contribution in [2.45, 2.75) is 20.5 Å². The van der Waals surface area contributed by atoms with Gasteiger partial charge >= 0.3 is 0 Å². The number of primary amides is 1. The summed E-state index contributed by atoms with van der Waals surface area (Å²) < 4.78 is 5.72. The van der Waals surface area contributed by atoms with Crippen molar-refractivity contribution in [2.24, 2.45) is 5.73 Å². The second-order valence-electron chi connectivity index (χ2n) is 6.10. The molecule has 2 aromatic carbocycles. The number of ether oxygens (including phenoxy) is 1. The molecule has 3 rings (SSSR count). The average Bonchev–Trinajstić information content (AvgIpc) is 2.95. The van der Waals surface area contributed by atoms with E-state index in [2.05, 4.69) is 5.32 Å². The summed E-state index contributed by atoms with van der Waals surface area (Å²) >= 11 is 1.34. The molecule has 0 aliphatic carbocycles. The minimum Gasteiger partial charge on any atom is -0.489 e. The lowest BCUT2D eigenvalue weighted by molar-refractivity contribution is 0.100. The number of nitrogens with two attached hydrogens (primary N) is 1. The Kier molecular flexibility index (Phi) is 5.57. The molecular formula is C21H20N2O3S. The molecule has 3 N–H and O–H groups in total. The number of benzene rings is 2. The molecular weight excluding hydrogens is 360 g/mol. The van der Waals surface area contributed by atoms with Crippen LogP contribution in [0.4, 0.5) is 5.00 Å². The lowest BCUT2D eigenvalue weighted by Crippen LogP contribution is -2.17.